The molecule has 106 valence electrons. The first-order valence-electron chi connectivity index (χ1n) is 7.25. The van der Waals surface area contributed by atoms with Crippen molar-refractivity contribution >= 4 is 0 Å². The molecule has 6 nitrogen and oxygen atoms in total. The van der Waals surface area contributed by atoms with Crippen LogP contribution in [0, 0.1) is 0 Å². The van der Waals surface area contributed by atoms with E-state index in [9.17, 15) is 0 Å². The van der Waals surface area contributed by atoms with E-state index in [2.05, 4.69) is 27.3 Å². The van der Waals surface area contributed by atoms with Crippen molar-refractivity contribution in [1.29, 1.82) is 0 Å². The second-order valence-corrected chi connectivity index (χ2v) is 5.34. The number of rotatable bonds is 4. The lowest BCUT2D eigenvalue weighted by Crippen LogP contribution is -2.39. The van der Waals surface area contributed by atoms with E-state index in [1.165, 1.54) is 0 Å². The van der Waals surface area contributed by atoms with Crippen molar-refractivity contribution in [3.05, 3.63) is 11.7 Å². The molecule has 19 heavy (non-hydrogen) atoms. The Morgan fingerprint density at radius 1 is 1.47 bits per heavy atom. The van der Waals surface area contributed by atoms with Crippen LogP contribution in [0.15, 0.2) is 4.52 Å². The molecule has 2 aliphatic heterocycles. The minimum Gasteiger partial charge on any atom is -0.367 e. The molecule has 3 rings (SSSR count). The van der Waals surface area contributed by atoms with Gasteiger partial charge in [-0.15, -0.1) is 0 Å². The van der Waals surface area contributed by atoms with Gasteiger partial charge in [0.15, 0.2) is 0 Å². The predicted molar refractivity (Wildman–Crippen MR) is 69.9 cm³/mol. The lowest BCUT2D eigenvalue weighted by molar-refractivity contribution is -0.0350. The summed E-state index contributed by atoms with van der Waals surface area (Å²) in [5.74, 6) is 1.84. The SMILES string of the molecule is CCCN1CCOC(c2noc(C3CCNC3)n2)C1. The van der Waals surface area contributed by atoms with Crippen molar-refractivity contribution in [2.24, 2.45) is 0 Å². The number of nitrogens with zero attached hydrogens (tertiary/aromatic N) is 3. The van der Waals surface area contributed by atoms with Crippen LogP contribution in [0.1, 0.15) is 43.5 Å². The van der Waals surface area contributed by atoms with E-state index in [1.807, 2.05) is 0 Å². The van der Waals surface area contributed by atoms with Gasteiger partial charge in [-0.2, -0.15) is 4.98 Å². The van der Waals surface area contributed by atoms with Gasteiger partial charge in [0.25, 0.3) is 0 Å². The van der Waals surface area contributed by atoms with Gasteiger partial charge >= 0.3 is 0 Å². The smallest absolute Gasteiger partial charge is 0.231 e. The van der Waals surface area contributed by atoms with Crippen LogP contribution < -0.4 is 5.32 Å². The maximum Gasteiger partial charge on any atom is 0.231 e. The summed E-state index contributed by atoms with van der Waals surface area (Å²) in [6.07, 6.45) is 2.21. The van der Waals surface area contributed by atoms with Crippen molar-refractivity contribution in [2.45, 2.75) is 31.8 Å². The van der Waals surface area contributed by atoms with E-state index in [0.29, 0.717) is 11.7 Å². The number of hydrogen-bond acceptors (Lipinski definition) is 6. The third-order valence-electron chi connectivity index (χ3n) is 3.85. The highest BCUT2D eigenvalue weighted by Gasteiger charge is 2.28. The molecular formula is C13H22N4O2. The standard InChI is InChI=1S/C13H22N4O2/c1-2-5-17-6-7-18-11(9-17)12-15-13(19-16-12)10-3-4-14-8-10/h10-11,14H,2-9H2,1H3. The minimum absolute atomic E-state index is 0.0350. The minimum atomic E-state index is -0.0350. The Morgan fingerprint density at radius 2 is 2.42 bits per heavy atom. The molecule has 1 aromatic rings. The van der Waals surface area contributed by atoms with E-state index >= 15 is 0 Å². The maximum atomic E-state index is 5.77. The lowest BCUT2D eigenvalue weighted by atomic mass is 10.1. The van der Waals surface area contributed by atoms with Crippen molar-refractivity contribution in [1.82, 2.24) is 20.4 Å². The molecule has 1 aromatic heterocycles. The highest BCUT2D eigenvalue weighted by Crippen LogP contribution is 2.24. The zero-order valence-corrected chi connectivity index (χ0v) is 11.5. The Kier molecular flexibility index (Phi) is 4.10. The van der Waals surface area contributed by atoms with Crippen LogP contribution in [-0.4, -0.2) is 54.4 Å². The van der Waals surface area contributed by atoms with Crippen LogP contribution in [0.4, 0.5) is 0 Å². The highest BCUT2D eigenvalue weighted by atomic mass is 16.5. The largest absolute Gasteiger partial charge is 0.367 e. The molecular weight excluding hydrogens is 244 g/mol. The topological polar surface area (TPSA) is 63.4 Å². The fourth-order valence-electron chi connectivity index (χ4n) is 2.79. The third kappa shape index (κ3) is 2.96. The summed E-state index contributed by atoms with van der Waals surface area (Å²) in [6, 6.07) is 0. The molecule has 3 heterocycles. The van der Waals surface area contributed by atoms with E-state index in [0.717, 1.165) is 58.1 Å². The summed E-state index contributed by atoms with van der Waals surface area (Å²) < 4.78 is 11.2. The molecule has 0 bridgehead atoms. The molecule has 2 fully saturated rings. The molecule has 6 heteroatoms. The Hall–Kier alpha value is -0.980. The molecule has 2 unspecified atom stereocenters. The third-order valence-corrected chi connectivity index (χ3v) is 3.85. The average molecular weight is 266 g/mol. The summed E-state index contributed by atoms with van der Waals surface area (Å²) in [5, 5.41) is 7.43. The van der Waals surface area contributed by atoms with Gasteiger partial charge in [-0.05, 0) is 25.9 Å². The van der Waals surface area contributed by atoms with Crippen LogP contribution in [0.3, 0.4) is 0 Å². The monoisotopic (exact) mass is 266 g/mol. The molecule has 2 atom stereocenters. The van der Waals surface area contributed by atoms with Gasteiger partial charge in [-0.1, -0.05) is 12.1 Å². The van der Waals surface area contributed by atoms with Crippen LogP contribution in [0.25, 0.3) is 0 Å². The lowest BCUT2D eigenvalue weighted by Gasteiger charge is -2.30. The van der Waals surface area contributed by atoms with Crippen LogP contribution in [0.2, 0.25) is 0 Å². The second kappa shape index (κ2) is 5.98. The Bertz CT molecular complexity index is 401. The summed E-state index contributed by atoms with van der Waals surface area (Å²) in [5.41, 5.74) is 0. The Balaban J connectivity index is 1.64. The number of hydrogen-bond donors (Lipinski definition) is 1. The summed E-state index contributed by atoms with van der Waals surface area (Å²) in [7, 11) is 0. The molecule has 0 radical (unpaired) electrons. The zero-order chi connectivity index (χ0) is 13.1. The number of morpholine rings is 1. The van der Waals surface area contributed by atoms with Crippen molar-refractivity contribution < 1.29 is 9.26 Å². The Morgan fingerprint density at radius 3 is 3.21 bits per heavy atom. The fraction of sp³-hybridized carbons (Fsp3) is 0.846. The van der Waals surface area contributed by atoms with Crippen molar-refractivity contribution in [3.63, 3.8) is 0 Å². The first kappa shape index (κ1) is 13.0. The predicted octanol–water partition coefficient (Wildman–Crippen LogP) is 0.930. The number of ether oxygens (including phenoxy) is 1. The first-order valence-corrected chi connectivity index (χ1v) is 7.25. The molecule has 0 amide bonds. The van der Waals surface area contributed by atoms with Crippen LogP contribution in [0.5, 0.6) is 0 Å². The van der Waals surface area contributed by atoms with E-state index in [4.69, 9.17) is 9.26 Å². The normalized spacial score (nSPS) is 28.9. The fourth-order valence-corrected chi connectivity index (χ4v) is 2.79. The molecule has 0 aliphatic carbocycles. The van der Waals surface area contributed by atoms with E-state index in [1.54, 1.807) is 0 Å². The molecule has 0 saturated carbocycles. The van der Waals surface area contributed by atoms with Crippen LogP contribution >= 0.6 is 0 Å². The van der Waals surface area contributed by atoms with Gasteiger partial charge in [0.1, 0.15) is 6.10 Å². The number of nitrogens with one attached hydrogen (secondary N) is 1. The van der Waals surface area contributed by atoms with Gasteiger partial charge in [-0.25, -0.2) is 0 Å². The van der Waals surface area contributed by atoms with E-state index < -0.39 is 0 Å². The summed E-state index contributed by atoms with van der Waals surface area (Å²) >= 11 is 0. The van der Waals surface area contributed by atoms with Crippen molar-refractivity contribution in [3.8, 4) is 0 Å². The quantitative estimate of drug-likeness (QED) is 0.874. The summed E-state index contributed by atoms with van der Waals surface area (Å²) in [4.78, 5) is 6.95. The molecule has 1 N–H and O–H groups in total. The summed E-state index contributed by atoms with van der Waals surface area (Å²) in [6.45, 7) is 7.90. The zero-order valence-electron chi connectivity index (χ0n) is 11.5. The molecule has 2 saturated heterocycles. The maximum absolute atomic E-state index is 5.77. The molecule has 0 aromatic carbocycles. The Labute approximate surface area is 113 Å². The van der Waals surface area contributed by atoms with Gasteiger partial charge in [-0.3, -0.25) is 4.90 Å². The van der Waals surface area contributed by atoms with Crippen LogP contribution in [-0.2, 0) is 4.74 Å². The number of aromatic nitrogens is 2. The highest BCUT2D eigenvalue weighted by molar-refractivity contribution is 5.01. The average Bonchev–Trinajstić information content (AvgIpc) is 3.11. The molecule has 2 aliphatic rings. The molecule has 0 spiro atoms. The van der Waals surface area contributed by atoms with Gasteiger partial charge < -0.3 is 14.6 Å². The van der Waals surface area contributed by atoms with Gasteiger partial charge in [0.2, 0.25) is 11.7 Å². The van der Waals surface area contributed by atoms with Gasteiger partial charge in [0.05, 0.1) is 12.5 Å². The van der Waals surface area contributed by atoms with Gasteiger partial charge in [0, 0.05) is 19.6 Å². The van der Waals surface area contributed by atoms with Crippen molar-refractivity contribution in [2.75, 3.05) is 39.3 Å². The second-order valence-electron chi connectivity index (χ2n) is 5.34. The van der Waals surface area contributed by atoms with E-state index in [-0.39, 0.29) is 6.10 Å². The first-order chi connectivity index (χ1) is 9.36.